The first-order chi connectivity index (χ1) is 7.97. The van der Waals surface area contributed by atoms with Gasteiger partial charge in [0.15, 0.2) is 0 Å². The van der Waals surface area contributed by atoms with Gasteiger partial charge in [-0.25, -0.2) is 0 Å². The minimum absolute atomic E-state index is 0.604. The van der Waals surface area contributed by atoms with Crippen LogP contribution in [0.2, 0.25) is 0 Å². The molecular weight excluding hydrogens is 198 g/mol. The molecule has 0 aromatic rings. The summed E-state index contributed by atoms with van der Waals surface area (Å²) in [6.45, 7) is 0. The first-order valence-electron chi connectivity index (χ1n) is 6.68. The van der Waals surface area contributed by atoms with Crippen molar-refractivity contribution in [3.05, 3.63) is 24.4 Å². The Morgan fingerprint density at radius 3 is 2.12 bits per heavy atom. The van der Waals surface area contributed by atoms with Crippen molar-refractivity contribution in [2.24, 2.45) is 5.92 Å². The Morgan fingerprint density at radius 2 is 1.56 bits per heavy atom. The molecule has 89 valence electrons. The van der Waals surface area contributed by atoms with Crippen molar-refractivity contribution < 1.29 is 4.74 Å². The number of ether oxygens (including phenoxy) is 1. The zero-order valence-corrected chi connectivity index (χ0v) is 10.0. The average molecular weight is 220 g/mol. The highest BCUT2D eigenvalue weighted by molar-refractivity contribution is 5.04. The van der Waals surface area contributed by atoms with Crippen LogP contribution >= 0.6 is 0 Å². The highest BCUT2D eigenvalue weighted by atomic mass is 16.5. The number of nitrogens with zero attached hydrogens (tertiary/aromatic N) is 1. The Morgan fingerprint density at radius 1 is 0.938 bits per heavy atom. The summed E-state index contributed by atoms with van der Waals surface area (Å²) in [5.74, 6) is 1.69. The van der Waals surface area contributed by atoms with E-state index in [1.807, 2.05) is 6.20 Å². The molecule has 2 heteroatoms. The molecule has 0 bridgehead atoms. The lowest BCUT2D eigenvalue weighted by Crippen LogP contribution is -2.11. The topological polar surface area (TPSA) is 23.3 Å². The molecule has 1 heterocycles. The van der Waals surface area contributed by atoms with E-state index < -0.39 is 0 Å². The summed E-state index contributed by atoms with van der Waals surface area (Å²) >= 11 is 0. The van der Waals surface area contributed by atoms with Crippen LogP contribution in [0.25, 0.3) is 0 Å². The third kappa shape index (κ3) is 3.58. The molecule has 0 aromatic carbocycles. The maximum Gasteiger partial charge on any atom is 0.124 e. The van der Waals surface area contributed by atoms with Gasteiger partial charge in [-0.15, -0.1) is 0 Å². The minimum Gasteiger partial charge on any atom is -0.466 e. The number of hydrogen-bond donors (Lipinski definition) is 0. The van der Waals surface area contributed by atoms with Gasteiger partial charge in [-0.2, -0.15) is 0 Å². The van der Waals surface area contributed by atoms with Crippen LogP contribution in [0, 0.1) is 5.92 Å². The van der Waals surface area contributed by atoms with Gasteiger partial charge in [-0.3, -0.25) is 5.32 Å². The SMILES string of the molecule is C1=COC(C2CCCCCCCCC2)=C[N]1. The standard InChI is InChI=1S/C14H22NO/c1-2-4-6-8-13(9-7-5-3-1)14-12-15-10-11-16-14/h10-13H,1-9H2. The quantitative estimate of drug-likeness (QED) is 0.653. The molecule has 2 nitrogen and oxygen atoms in total. The van der Waals surface area contributed by atoms with E-state index in [4.69, 9.17) is 4.74 Å². The van der Waals surface area contributed by atoms with Crippen LogP contribution in [0.3, 0.4) is 0 Å². The molecule has 0 aromatic heterocycles. The Bertz CT molecular complexity index is 247. The van der Waals surface area contributed by atoms with E-state index in [1.54, 1.807) is 12.5 Å². The zero-order chi connectivity index (χ0) is 11.1. The molecule has 1 saturated carbocycles. The van der Waals surface area contributed by atoms with Crippen LogP contribution in [-0.4, -0.2) is 0 Å². The van der Waals surface area contributed by atoms with Gasteiger partial charge in [0.2, 0.25) is 0 Å². The normalized spacial score (nSPS) is 24.1. The average Bonchev–Trinajstić information content (AvgIpc) is 2.37. The molecule has 1 aliphatic heterocycles. The molecule has 1 fully saturated rings. The molecule has 1 radical (unpaired) electrons. The fourth-order valence-corrected chi connectivity index (χ4v) is 2.59. The molecule has 0 atom stereocenters. The van der Waals surface area contributed by atoms with Crippen molar-refractivity contribution >= 4 is 0 Å². The summed E-state index contributed by atoms with van der Waals surface area (Å²) < 4.78 is 5.57. The molecule has 2 aliphatic rings. The second-order valence-corrected chi connectivity index (χ2v) is 4.83. The van der Waals surface area contributed by atoms with Gasteiger partial charge < -0.3 is 4.74 Å². The van der Waals surface area contributed by atoms with Crippen LogP contribution in [0.4, 0.5) is 0 Å². The summed E-state index contributed by atoms with van der Waals surface area (Å²) in [5, 5.41) is 4.16. The molecule has 0 unspecified atom stereocenters. The summed E-state index contributed by atoms with van der Waals surface area (Å²) in [4.78, 5) is 0. The van der Waals surface area contributed by atoms with Gasteiger partial charge in [-0.05, 0) is 12.8 Å². The van der Waals surface area contributed by atoms with Crippen LogP contribution < -0.4 is 5.32 Å². The third-order valence-electron chi connectivity index (χ3n) is 3.56. The van der Waals surface area contributed by atoms with E-state index in [9.17, 15) is 0 Å². The van der Waals surface area contributed by atoms with Gasteiger partial charge in [0, 0.05) is 5.92 Å². The lowest BCUT2D eigenvalue weighted by Gasteiger charge is -2.21. The lowest BCUT2D eigenvalue weighted by molar-refractivity contribution is 0.252. The number of allylic oxidation sites excluding steroid dienone is 1. The fourth-order valence-electron chi connectivity index (χ4n) is 2.59. The highest BCUT2D eigenvalue weighted by Gasteiger charge is 2.17. The molecule has 0 spiro atoms. The molecule has 1 aliphatic carbocycles. The number of hydrogen-bond acceptors (Lipinski definition) is 1. The van der Waals surface area contributed by atoms with Crippen molar-refractivity contribution in [2.45, 2.75) is 57.8 Å². The monoisotopic (exact) mass is 220 g/mol. The van der Waals surface area contributed by atoms with Gasteiger partial charge >= 0.3 is 0 Å². The maximum absolute atomic E-state index is 5.57. The van der Waals surface area contributed by atoms with E-state index >= 15 is 0 Å². The predicted molar refractivity (Wildman–Crippen MR) is 65.5 cm³/mol. The summed E-state index contributed by atoms with van der Waals surface area (Å²) in [7, 11) is 0. The fraction of sp³-hybridized carbons (Fsp3) is 0.714. The summed E-state index contributed by atoms with van der Waals surface area (Å²) in [6.07, 6.45) is 17.6. The highest BCUT2D eigenvalue weighted by Crippen LogP contribution is 2.28. The van der Waals surface area contributed by atoms with Crippen LogP contribution in [-0.2, 0) is 4.74 Å². The van der Waals surface area contributed by atoms with Crippen molar-refractivity contribution in [3.63, 3.8) is 0 Å². The first kappa shape index (κ1) is 11.6. The van der Waals surface area contributed by atoms with Crippen molar-refractivity contribution in [2.75, 3.05) is 0 Å². The minimum atomic E-state index is 0.604. The van der Waals surface area contributed by atoms with Crippen molar-refractivity contribution in [1.29, 1.82) is 0 Å². The van der Waals surface area contributed by atoms with Crippen LogP contribution in [0.5, 0.6) is 0 Å². The molecule has 0 saturated heterocycles. The molecule has 0 N–H and O–H groups in total. The second-order valence-electron chi connectivity index (χ2n) is 4.83. The van der Waals surface area contributed by atoms with E-state index in [0.717, 1.165) is 5.76 Å². The maximum atomic E-state index is 5.57. The first-order valence-corrected chi connectivity index (χ1v) is 6.68. The molecular formula is C14H22NO. The van der Waals surface area contributed by atoms with Crippen LogP contribution in [0.15, 0.2) is 24.4 Å². The van der Waals surface area contributed by atoms with Crippen molar-refractivity contribution in [3.8, 4) is 0 Å². The predicted octanol–water partition coefficient (Wildman–Crippen LogP) is 4.07. The smallest absolute Gasteiger partial charge is 0.124 e. The Kier molecular flexibility index (Phi) is 4.78. The van der Waals surface area contributed by atoms with Gasteiger partial charge in [0.05, 0.1) is 12.4 Å². The van der Waals surface area contributed by atoms with Crippen molar-refractivity contribution in [1.82, 2.24) is 5.32 Å². The Hall–Kier alpha value is -0.920. The Balaban J connectivity index is 1.86. The second kappa shape index (κ2) is 6.62. The zero-order valence-electron chi connectivity index (χ0n) is 10.0. The molecule has 0 amide bonds. The van der Waals surface area contributed by atoms with Crippen LogP contribution in [0.1, 0.15) is 57.8 Å². The lowest BCUT2D eigenvalue weighted by atomic mass is 9.91. The van der Waals surface area contributed by atoms with Gasteiger partial charge in [0.25, 0.3) is 0 Å². The summed E-state index contributed by atoms with van der Waals surface area (Å²) in [5.41, 5.74) is 0. The van der Waals surface area contributed by atoms with Gasteiger partial charge in [-0.1, -0.05) is 44.9 Å². The van der Waals surface area contributed by atoms with E-state index in [-0.39, 0.29) is 0 Å². The largest absolute Gasteiger partial charge is 0.466 e. The van der Waals surface area contributed by atoms with E-state index in [1.165, 1.54) is 57.8 Å². The Labute approximate surface area is 98.8 Å². The molecule has 16 heavy (non-hydrogen) atoms. The van der Waals surface area contributed by atoms with E-state index in [2.05, 4.69) is 5.32 Å². The number of rotatable bonds is 1. The molecule has 2 rings (SSSR count). The van der Waals surface area contributed by atoms with Gasteiger partial charge in [0.1, 0.15) is 12.0 Å². The summed E-state index contributed by atoms with van der Waals surface area (Å²) in [6, 6.07) is 0. The van der Waals surface area contributed by atoms with E-state index in [0.29, 0.717) is 5.92 Å². The third-order valence-corrected chi connectivity index (χ3v) is 3.56.